The van der Waals surface area contributed by atoms with Crippen molar-refractivity contribution in [1.82, 2.24) is 0 Å². The molecular formula is C23H38O4Si. The third kappa shape index (κ3) is 8.72. The molecule has 0 unspecified atom stereocenters. The Bertz CT molecular complexity index is 619. The van der Waals surface area contributed by atoms with Crippen molar-refractivity contribution >= 4 is 14.3 Å². The van der Waals surface area contributed by atoms with Crippen LogP contribution in [-0.2, 0) is 25.3 Å². The average molecular weight is 407 g/mol. The molecule has 158 valence electrons. The predicted molar refractivity (Wildman–Crippen MR) is 118 cm³/mol. The summed E-state index contributed by atoms with van der Waals surface area (Å²) in [6.45, 7) is 16.9. The molecule has 1 aromatic rings. The summed E-state index contributed by atoms with van der Waals surface area (Å²) in [5.41, 5.74) is 0.684. The van der Waals surface area contributed by atoms with Gasteiger partial charge in [-0.3, -0.25) is 4.79 Å². The fourth-order valence-electron chi connectivity index (χ4n) is 2.48. The maximum atomic E-state index is 12.1. The van der Waals surface area contributed by atoms with Crippen LogP contribution in [0.2, 0.25) is 18.1 Å². The highest BCUT2D eigenvalue weighted by atomic mass is 28.4. The van der Waals surface area contributed by atoms with E-state index in [0.717, 1.165) is 5.56 Å². The number of esters is 1. The molecule has 0 N–H and O–H groups in total. The van der Waals surface area contributed by atoms with Crippen LogP contribution in [0.3, 0.4) is 0 Å². The highest BCUT2D eigenvalue weighted by Gasteiger charge is 2.36. The Morgan fingerprint density at radius 2 is 1.75 bits per heavy atom. The number of benzene rings is 1. The first-order valence-corrected chi connectivity index (χ1v) is 13.0. The van der Waals surface area contributed by atoms with Crippen LogP contribution in [0.4, 0.5) is 0 Å². The molecule has 0 amide bonds. The van der Waals surface area contributed by atoms with Crippen LogP contribution in [0.5, 0.6) is 0 Å². The van der Waals surface area contributed by atoms with Gasteiger partial charge in [-0.25, -0.2) is 0 Å². The van der Waals surface area contributed by atoms with Crippen molar-refractivity contribution < 1.29 is 18.7 Å². The molecule has 0 heterocycles. The molecule has 0 aliphatic heterocycles. The lowest BCUT2D eigenvalue weighted by molar-refractivity contribution is -0.145. The van der Waals surface area contributed by atoms with E-state index in [1.807, 2.05) is 56.3 Å². The smallest absolute Gasteiger partial charge is 0.306 e. The summed E-state index contributed by atoms with van der Waals surface area (Å²) in [5, 5.41) is 0.174. The van der Waals surface area contributed by atoms with Crippen molar-refractivity contribution in [3.8, 4) is 0 Å². The summed E-state index contributed by atoms with van der Waals surface area (Å²) in [6, 6.07) is 10.0. The predicted octanol–water partition coefficient (Wildman–Crippen LogP) is 5.74. The molecule has 0 saturated heterocycles. The topological polar surface area (TPSA) is 44.8 Å². The highest BCUT2D eigenvalue weighted by molar-refractivity contribution is 6.74. The second-order valence-electron chi connectivity index (χ2n) is 9.09. The molecule has 1 aromatic carbocycles. The first-order chi connectivity index (χ1) is 13.0. The molecule has 0 bridgehead atoms. The SMILES string of the molecule is CCOC(=O)C[C@](C)(/C=C/CO[Si](C)(C)C(C)(C)C)COCc1ccccc1. The third-order valence-corrected chi connectivity index (χ3v) is 9.76. The number of carbonyl (C=O) groups is 1. The van der Waals surface area contributed by atoms with Gasteiger partial charge in [-0.05, 0) is 30.6 Å². The Morgan fingerprint density at radius 3 is 2.32 bits per heavy atom. The van der Waals surface area contributed by atoms with Crippen molar-refractivity contribution in [2.75, 3.05) is 19.8 Å². The van der Waals surface area contributed by atoms with E-state index in [9.17, 15) is 4.79 Å². The van der Waals surface area contributed by atoms with Gasteiger partial charge in [-0.1, -0.05) is 70.2 Å². The van der Waals surface area contributed by atoms with Gasteiger partial charge in [0.2, 0.25) is 0 Å². The van der Waals surface area contributed by atoms with Gasteiger partial charge >= 0.3 is 5.97 Å². The summed E-state index contributed by atoms with van der Waals surface area (Å²) in [5.74, 6) is -0.205. The summed E-state index contributed by atoms with van der Waals surface area (Å²) in [6.07, 6.45) is 4.35. The number of ether oxygens (including phenoxy) is 2. The van der Waals surface area contributed by atoms with Crippen molar-refractivity contribution in [3.63, 3.8) is 0 Å². The average Bonchev–Trinajstić information content (AvgIpc) is 2.59. The van der Waals surface area contributed by atoms with Gasteiger partial charge in [0.1, 0.15) is 0 Å². The van der Waals surface area contributed by atoms with Crippen molar-refractivity contribution in [2.45, 2.75) is 65.8 Å². The van der Waals surface area contributed by atoms with E-state index < -0.39 is 13.7 Å². The number of carbonyl (C=O) groups excluding carboxylic acids is 1. The molecule has 1 rings (SSSR count). The van der Waals surface area contributed by atoms with E-state index in [1.54, 1.807) is 0 Å². The Hall–Kier alpha value is -1.43. The standard InChI is InChI=1S/C23H38O4Si/c1-8-26-21(24)17-23(5,19-25-18-20-13-10-9-11-14-20)15-12-16-27-28(6,7)22(2,3)4/h9-15H,8,16-19H2,1-7H3/b15-12+/t23-/m0/s1. The van der Waals surface area contributed by atoms with Gasteiger partial charge < -0.3 is 13.9 Å². The zero-order valence-corrected chi connectivity index (χ0v) is 19.7. The first kappa shape index (κ1) is 24.6. The maximum Gasteiger partial charge on any atom is 0.306 e. The Kier molecular flexibility index (Phi) is 9.61. The summed E-state index contributed by atoms with van der Waals surface area (Å²) >= 11 is 0. The molecule has 5 heteroatoms. The van der Waals surface area contributed by atoms with E-state index in [2.05, 4.69) is 33.9 Å². The molecule has 0 fully saturated rings. The second kappa shape index (κ2) is 10.9. The molecule has 0 aromatic heterocycles. The molecule has 1 atom stereocenters. The largest absolute Gasteiger partial charge is 0.466 e. The minimum absolute atomic E-state index is 0.174. The Labute approximate surface area is 172 Å². The number of hydrogen-bond acceptors (Lipinski definition) is 4. The zero-order chi connectivity index (χ0) is 21.3. The van der Waals surface area contributed by atoms with Crippen molar-refractivity contribution in [3.05, 3.63) is 48.0 Å². The molecule has 0 radical (unpaired) electrons. The second-order valence-corrected chi connectivity index (χ2v) is 13.9. The fraction of sp³-hybridized carbons (Fsp3) is 0.609. The maximum absolute atomic E-state index is 12.1. The molecule has 28 heavy (non-hydrogen) atoms. The minimum Gasteiger partial charge on any atom is -0.466 e. The van der Waals surface area contributed by atoms with E-state index in [1.165, 1.54) is 0 Å². The van der Waals surface area contributed by atoms with Crippen LogP contribution in [0.15, 0.2) is 42.5 Å². The first-order valence-electron chi connectivity index (χ1n) is 10.1. The van der Waals surface area contributed by atoms with E-state index in [4.69, 9.17) is 13.9 Å². The third-order valence-electron chi connectivity index (χ3n) is 5.26. The normalized spacial score (nSPS) is 14.8. The summed E-state index contributed by atoms with van der Waals surface area (Å²) in [4.78, 5) is 12.1. The monoisotopic (exact) mass is 406 g/mol. The van der Waals surface area contributed by atoms with Gasteiger partial charge in [0, 0.05) is 5.41 Å². The van der Waals surface area contributed by atoms with Crippen molar-refractivity contribution in [2.24, 2.45) is 5.41 Å². The van der Waals surface area contributed by atoms with E-state index >= 15 is 0 Å². The van der Waals surface area contributed by atoms with Crippen LogP contribution in [0.1, 0.15) is 46.6 Å². The van der Waals surface area contributed by atoms with Gasteiger partial charge in [-0.15, -0.1) is 0 Å². The lowest BCUT2D eigenvalue weighted by Crippen LogP contribution is -2.40. The summed E-state index contributed by atoms with van der Waals surface area (Å²) in [7, 11) is -1.79. The molecule has 0 aliphatic carbocycles. The zero-order valence-electron chi connectivity index (χ0n) is 18.7. The molecule has 4 nitrogen and oxygen atoms in total. The van der Waals surface area contributed by atoms with Crippen molar-refractivity contribution in [1.29, 1.82) is 0 Å². The van der Waals surface area contributed by atoms with Crippen LogP contribution < -0.4 is 0 Å². The van der Waals surface area contributed by atoms with Crippen LogP contribution >= 0.6 is 0 Å². The quantitative estimate of drug-likeness (QED) is 0.267. The number of rotatable bonds is 11. The molecule has 0 saturated carbocycles. The molecular weight excluding hydrogens is 368 g/mol. The summed E-state index contributed by atoms with van der Waals surface area (Å²) < 4.78 is 17.3. The molecule has 0 aliphatic rings. The fourth-order valence-corrected chi connectivity index (χ4v) is 3.43. The van der Waals surface area contributed by atoms with Gasteiger partial charge in [0.15, 0.2) is 8.32 Å². The molecule has 0 spiro atoms. The lowest BCUT2D eigenvalue weighted by Gasteiger charge is -2.35. The number of hydrogen-bond donors (Lipinski definition) is 0. The highest BCUT2D eigenvalue weighted by Crippen LogP contribution is 2.36. The minimum atomic E-state index is -1.79. The van der Waals surface area contributed by atoms with Gasteiger partial charge in [-0.2, -0.15) is 0 Å². The van der Waals surface area contributed by atoms with Gasteiger partial charge in [0.25, 0.3) is 0 Å². The lowest BCUT2D eigenvalue weighted by atomic mass is 9.87. The van der Waals surface area contributed by atoms with E-state index in [-0.39, 0.29) is 17.4 Å². The Balaban J connectivity index is 2.70. The Morgan fingerprint density at radius 1 is 1.11 bits per heavy atom. The van der Waals surface area contributed by atoms with Crippen LogP contribution in [0.25, 0.3) is 0 Å². The van der Waals surface area contributed by atoms with Crippen LogP contribution in [0, 0.1) is 5.41 Å². The van der Waals surface area contributed by atoms with Gasteiger partial charge in [0.05, 0.1) is 32.8 Å². The van der Waals surface area contributed by atoms with E-state index in [0.29, 0.717) is 26.4 Å². The van der Waals surface area contributed by atoms with Crippen LogP contribution in [-0.4, -0.2) is 34.1 Å².